The second kappa shape index (κ2) is 4.88. The molecule has 1 aliphatic carbocycles. The van der Waals surface area contributed by atoms with Crippen LogP contribution in [0.25, 0.3) is 0 Å². The molecule has 0 amide bonds. The van der Waals surface area contributed by atoms with E-state index in [9.17, 15) is 0 Å². The Morgan fingerprint density at radius 2 is 2.31 bits per heavy atom. The monoisotopic (exact) mass is 278 g/mol. The van der Waals surface area contributed by atoms with Gasteiger partial charge in [-0.1, -0.05) is 6.92 Å². The van der Waals surface area contributed by atoms with Gasteiger partial charge in [-0.25, -0.2) is 0 Å². The summed E-state index contributed by atoms with van der Waals surface area (Å²) in [4.78, 5) is 0. The van der Waals surface area contributed by atoms with Crippen LogP contribution in [0.5, 0.6) is 0 Å². The van der Waals surface area contributed by atoms with Gasteiger partial charge in [0.05, 0.1) is 11.6 Å². The first-order chi connectivity index (χ1) is 7.74. The van der Waals surface area contributed by atoms with Gasteiger partial charge < -0.3 is 5.32 Å². The summed E-state index contributed by atoms with van der Waals surface area (Å²) in [7, 11) is 0. The van der Waals surface area contributed by atoms with Crippen molar-refractivity contribution in [2.24, 2.45) is 5.92 Å². The maximum atomic E-state index is 8.79. The first kappa shape index (κ1) is 11.5. The van der Waals surface area contributed by atoms with Gasteiger partial charge in [-0.3, -0.25) is 0 Å². The largest absolute Gasteiger partial charge is 0.381 e. The van der Waals surface area contributed by atoms with Gasteiger partial charge >= 0.3 is 0 Å². The summed E-state index contributed by atoms with van der Waals surface area (Å²) < 4.78 is 0.977. The van der Waals surface area contributed by atoms with Crippen LogP contribution in [0.1, 0.15) is 31.7 Å². The molecule has 0 heterocycles. The highest BCUT2D eigenvalue weighted by molar-refractivity contribution is 9.10. The predicted octanol–water partition coefficient (Wildman–Crippen LogP) is 3.92. The van der Waals surface area contributed by atoms with Crippen molar-refractivity contribution in [2.75, 3.05) is 5.32 Å². The zero-order valence-corrected chi connectivity index (χ0v) is 10.9. The van der Waals surface area contributed by atoms with Gasteiger partial charge in [-0.15, -0.1) is 0 Å². The number of benzene rings is 1. The quantitative estimate of drug-likeness (QED) is 0.906. The molecule has 16 heavy (non-hydrogen) atoms. The molecule has 84 valence electrons. The lowest BCUT2D eigenvalue weighted by Gasteiger charge is -2.18. The summed E-state index contributed by atoms with van der Waals surface area (Å²) in [5.41, 5.74) is 1.79. The van der Waals surface area contributed by atoms with Gasteiger partial charge in [-0.05, 0) is 59.3 Å². The van der Waals surface area contributed by atoms with Gasteiger partial charge in [0, 0.05) is 16.2 Å². The fourth-order valence-electron chi connectivity index (χ4n) is 1.95. The van der Waals surface area contributed by atoms with E-state index in [0.717, 1.165) is 22.5 Å². The van der Waals surface area contributed by atoms with Gasteiger partial charge in [0.2, 0.25) is 0 Å². The first-order valence-corrected chi connectivity index (χ1v) is 6.50. The number of rotatable bonds is 4. The lowest BCUT2D eigenvalue weighted by Crippen LogP contribution is -2.20. The summed E-state index contributed by atoms with van der Waals surface area (Å²) in [6.45, 7) is 2.22. The van der Waals surface area contributed by atoms with E-state index in [1.54, 1.807) is 0 Å². The number of nitriles is 1. The number of nitrogens with zero attached hydrogens (tertiary/aromatic N) is 1. The van der Waals surface area contributed by atoms with Crippen molar-refractivity contribution in [1.29, 1.82) is 5.26 Å². The lowest BCUT2D eigenvalue weighted by atomic mass is 10.1. The topological polar surface area (TPSA) is 35.8 Å². The number of anilines is 1. The van der Waals surface area contributed by atoms with Crippen LogP contribution < -0.4 is 5.32 Å². The Hall–Kier alpha value is -1.01. The average molecular weight is 279 g/mol. The second-order valence-corrected chi connectivity index (χ2v) is 5.16. The van der Waals surface area contributed by atoms with Crippen molar-refractivity contribution >= 4 is 21.6 Å². The van der Waals surface area contributed by atoms with Crippen LogP contribution in [0.4, 0.5) is 5.69 Å². The summed E-state index contributed by atoms with van der Waals surface area (Å²) in [5, 5.41) is 12.3. The van der Waals surface area contributed by atoms with Crippen molar-refractivity contribution in [2.45, 2.75) is 32.2 Å². The van der Waals surface area contributed by atoms with Crippen molar-refractivity contribution in [1.82, 2.24) is 0 Å². The molecule has 0 spiro atoms. The van der Waals surface area contributed by atoms with Gasteiger partial charge in [0.15, 0.2) is 0 Å². The predicted molar refractivity (Wildman–Crippen MR) is 69.3 cm³/mol. The minimum atomic E-state index is 0.573. The highest BCUT2D eigenvalue weighted by Gasteiger charge is 2.29. The zero-order valence-electron chi connectivity index (χ0n) is 9.33. The third-order valence-electron chi connectivity index (χ3n) is 3.07. The van der Waals surface area contributed by atoms with Crippen LogP contribution in [0.3, 0.4) is 0 Å². The first-order valence-electron chi connectivity index (χ1n) is 5.70. The van der Waals surface area contributed by atoms with E-state index in [4.69, 9.17) is 5.26 Å². The maximum absolute atomic E-state index is 8.79. The molecule has 0 saturated heterocycles. The summed E-state index contributed by atoms with van der Waals surface area (Å²) in [6.07, 6.45) is 3.84. The third kappa shape index (κ3) is 2.56. The molecular formula is C13H15BrN2. The average Bonchev–Trinajstić information content (AvgIpc) is 3.11. The fourth-order valence-corrected chi connectivity index (χ4v) is 2.45. The summed E-state index contributed by atoms with van der Waals surface area (Å²) >= 11 is 3.50. The Kier molecular flexibility index (Phi) is 3.50. The number of nitrogens with one attached hydrogen (secondary N) is 1. The van der Waals surface area contributed by atoms with Crippen molar-refractivity contribution < 1.29 is 0 Å². The van der Waals surface area contributed by atoms with Crippen LogP contribution in [0, 0.1) is 17.2 Å². The molecule has 2 nitrogen and oxygen atoms in total. The molecule has 0 radical (unpaired) electrons. The summed E-state index contributed by atoms with van der Waals surface area (Å²) in [5.74, 6) is 0.840. The molecule has 1 fully saturated rings. The van der Waals surface area contributed by atoms with E-state index >= 15 is 0 Å². The minimum absolute atomic E-state index is 0.573. The zero-order chi connectivity index (χ0) is 11.5. The Morgan fingerprint density at radius 3 is 2.81 bits per heavy atom. The molecule has 0 aliphatic heterocycles. The number of hydrogen-bond donors (Lipinski definition) is 1. The molecule has 1 aromatic carbocycles. The molecule has 1 N–H and O–H groups in total. The SMILES string of the molecule is CCC(Nc1ccc(C#N)cc1Br)C1CC1. The van der Waals surface area contributed by atoms with E-state index < -0.39 is 0 Å². The van der Waals surface area contributed by atoms with E-state index in [1.807, 2.05) is 18.2 Å². The van der Waals surface area contributed by atoms with E-state index in [-0.39, 0.29) is 0 Å². The molecule has 1 unspecified atom stereocenters. The molecule has 1 atom stereocenters. The normalized spacial score (nSPS) is 16.6. The van der Waals surface area contributed by atoms with Gasteiger partial charge in [-0.2, -0.15) is 5.26 Å². The number of halogens is 1. The standard InChI is InChI=1S/C13H15BrN2/c1-2-12(10-4-5-10)16-13-6-3-9(8-15)7-11(13)14/h3,6-7,10,12,16H,2,4-5H2,1H3. The molecule has 1 saturated carbocycles. The van der Waals surface area contributed by atoms with Crippen molar-refractivity contribution in [3.05, 3.63) is 28.2 Å². The van der Waals surface area contributed by atoms with Crippen LogP contribution in [0.15, 0.2) is 22.7 Å². The highest BCUT2D eigenvalue weighted by Crippen LogP contribution is 2.36. The summed E-state index contributed by atoms with van der Waals surface area (Å²) in [6, 6.07) is 8.41. The van der Waals surface area contributed by atoms with Gasteiger partial charge in [0.1, 0.15) is 0 Å². The minimum Gasteiger partial charge on any atom is -0.381 e. The van der Waals surface area contributed by atoms with Crippen LogP contribution in [-0.4, -0.2) is 6.04 Å². The lowest BCUT2D eigenvalue weighted by molar-refractivity contribution is 0.616. The Labute approximate surface area is 105 Å². The molecule has 3 heteroatoms. The number of hydrogen-bond acceptors (Lipinski definition) is 2. The third-order valence-corrected chi connectivity index (χ3v) is 3.73. The van der Waals surface area contributed by atoms with Crippen molar-refractivity contribution in [3.63, 3.8) is 0 Å². The Morgan fingerprint density at radius 1 is 1.56 bits per heavy atom. The van der Waals surface area contributed by atoms with Gasteiger partial charge in [0.25, 0.3) is 0 Å². The molecule has 0 aromatic heterocycles. The van der Waals surface area contributed by atoms with Crippen LogP contribution >= 0.6 is 15.9 Å². The van der Waals surface area contributed by atoms with E-state index in [2.05, 4.69) is 34.2 Å². The molecule has 1 aromatic rings. The van der Waals surface area contributed by atoms with E-state index in [1.165, 1.54) is 12.8 Å². The van der Waals surface area contributed by atoms with Crippen molar-refractivity contribution in [3.8, 4) is 6.07 Å². The molecule has 1 aliphatic rings. The van der Waals surface area contributed by atoms with E-state index in [0.29, 0.717) is 11.6 Å². The maximum Gasteiger partial charge on any atom is 0.0992 e. The smallest absolute Gasteiger partial charge is 0.0992 e. The molecular weight excluding hydrogens is 264 g/mol. The Bertz CT molecular complexity index is 418. The Balaban J connectivity index is 2.11. The highest BCUT2D eigenvalue weighted by atomic mass is 79.9. The molecule has 0 bridgehead atoms. The molecule has 2 rings (SSSR count). The fraction of sp³-hybridized carbons (Fsp3) is 0.462. The second-order valence-electron chi connectivity index (χ2n) is 4.30. The van der Waals surface area contributed by atoms with Crippen LogP contribution in [0.2, 0.25) is 0 Å². The van der Waals surface area contributed by atoms with Crippen LogP contribution in [-0.2, 0) is 0 Å².